The van der Waals surface area contributed by atoms with Crippen molar-refractivity contribution < 1.29 is 22.7 Å². The van der Waals surface area contributed by atoms with E-state index in [-0.39, 0.29) is 41.2 Å². The number of aromatic amines is 1. The van der Waals surface area contributed by atoms with Gasteiger partial charge in [0.1, 0.15) is 18.2 Å². The van der Waals surface area contributed by atoms with E-state index in [1.165, 1.54) is 18.2 Å². The maximum atomic E-state index is 13.1. The van der Waals surface area contributed by atoms with Gasteiger partial charge >= 0.3 is 6.18 Å². The molecule has 4 rings (SSSR count). The zero-order valence-electron chi connectivity index (χ0n) is 14.9. The van der Waals surface area contributed by atoms with E-state index >= 15 is 0 Å². The van der Waals surface area contributed by atoms with Crippen LogP contribution in [0.25, 0.3) is 0 Å². The van der Waals surface area contributed by atoms with Gasteiger partial charge in [0.05, 0.1) is 16.8 Å². The summed E-state index contributed by atoms with van der Waals surface area (Å²) < 4.78 is 44.9. The lowest BCUT2D eigenvalue weighted by Crippen LogP contribution is -2.22. The van der Waals surface area contributed by atoms with E-state index in [2.05, 4.69) is 15.5 Å². The minimum atomic E-state index is -4.46. The minimum Gasteiger partial charge on any atom is -0.487 e. The fourth-order valence-electron chi connectivity index (χ4n) is 3.37. The fourth-order valence-corrected chi connectivity index (χ4v) is 3.62. The topological polar surface area (TPSA) is 67.0 Å². The molecular formula is C20H15ClF3N3O2. The Balaban J connectivity index is 1.55. The van der Waals surface area contributed by atoms with E-state index in [0.717, 1.165) is 17.2 Å². The number of H-pyrrole nitrogens is 1. The van der Waals surface area contributed by atoms with Crippen molar-refractivity contribution >= 4 is 23.3 Å². The predicted molar refractivity (Wildman–Crippen MR) is 101 cm³/mol. The van der Waals surface area contributed by atoms with E-state index in [1.54, 1.807) is 24.4 Å². The molecule has 150 valence electrons. The molecule has 2 N–H and O–H groups in total. The Morgan fingerprint density at radius 3 is 2.76 bits per heavy atom. The smallest absolute Gasteiger partial charge is 0.416 e. The lowest BCUT2D eigenvalue weighted by atomic mass is 9.87. The van der Waals surface area contributed by atoms with E-state index in [1.807, 2.05) is 0 Å². The summed E-state index contributed by atoms with van der Waals surface area (Å²) >= 11 is 6.31. The van der Waals surface area contributed by atoms with Gasteiger partial charge in [-0.25, -0.2) is 0 Å². The number of fused-ring (bicyclic) bond motifs is 1. The van der Waals surface area contributed by atoms with Gasteiger partial charge in [0.15, 0.2) is 0 Å². The highest BCUT2D eigenvalue weighted by atomic mass is 35.5. The third kappa shape index (κ3) is 3.93. The van der Waals surface area contributed by atoms with Gasteiger partial charge in [-0.15, -0.1) is 0 Å². The monoisotopic (exact) mass is 421 g/mol. The molecule has 0 spiro atoms. The molecule has 1 aliphatic rings. The zero-order chi connectivity index (χ0) is 20.6. The number of nitrogens with one attached hydrogen (secondary N) is 2. The van der Waals surface area contributed by atoms with Crippen LogP contribution >= 0.6 is 11.6 Å². The van der Waals surface area contributed by atoms with Crippen LogP contribution in [0.4, 0.5) is 19.0 Å². The summed E-state index contributed by atoms with van der Waals surface area (Å²) in [5, 5.41) is 9.66. The molecule has 2 heterocycles. The van der Waals surface area contributed by atoms with Crippen molar-refractivity contribution in [3.63, 3.8) is 0 Å². The average Bonchev–Trinajstić information content (AvgIpc) is 3.14. The number of halogens is 4. The number of ether oxygens (including phenoxy) is 1. The van der Waals surface area contributed by atoms with Crippen molar-refractivity contribution in [2.75, 3.05) is 5.32 Å². The van der Waals surface area contributed by atoms with Gasteiger partial charge in [-0.1, -0.05) is 35.9 Å². The van der Waals surface area contributed by atoms with E-state index in [9.17, 15) is 18.0 Å². The molecule has 5 nitrogen and oxygen atoms in total. The van der Waals surface area contributed by atoms with Gasteiger partial charge in [-0.05, 0) is 23.8 Å². The number of hydrogen-bond acceptors (Lipinski definition) is 3. The summed E-state index contributed by atoms with van der Waals surface area (Å²) in [6.45, 7) is -0.271. The van der Waals surface area contributed by atoms with Crippen LogP contribution in [0.1, 0.15) is 34.6 Å². The van der Waals surface area contributed by atoms with Crippen LogP contribution in [0, 0.1) is 0 Å². The first-order chi connectivity index (χ1) is 13.8. The second kappa shape index (κ2) is 7.44. The molecule has 0 radical (unpaired) electrons. The number of nitrogens with zero attached hydrogens (tertiary/aromatic N) is 1. The Bertz CT molecular complexity index is 1070. The van der Waals surface area contributed by atoms with Gasteiger partial charge < -0.3 is 10.1 Å². The number of rotatable bonds is 4. The number of carbonyl (C=O) groups excluding carboxylic acids is 1. The maximum absolute atomic E-state index is 13.1. The van der Waals surface area contributed by atoms with Gasteiger partial charge in [0.2, 0.25) is 5.91 Å². The SMILES string of the molecule is O=C1CC(c2ccc(OCc3ccccc3C(F)(F)F)c(Cl)c2)c2cn[nH]c2N1. The second-order valence-corrected chi connectivity index (χ2v) is 7.05. The molecule has 2 aromatic carbocycles. The molecule has 1 atom stereocenters. The van der Waals surface area contributed by atoms with Gasteiger partial charge in [-0.3, -0.25) is 9.89 Å². The molecule has 9 heteroatoms. The average molecular weight is 422 g/mol. The van der Waals surface area contributed by atoms with Crippen LogP contribution in [-0.2, 0) is 17.6 Å². The summed E-state index contributed by atoms with van der Waals surface area (Å²) in [4.78, 5) is 11.9. The first-order valence-corrected chi connectivity index (χ1v) is 9.11. The molecule has 1 amide bonds. The Kier molecular flexibility index (Phi) is 4.96. The standard InChI is InChI=1S/C20H15ClF3N3O2/c21-16-7-11(13-8-18(28)26-19-14(13)9-25-27-19)5-6-17(16)29-10-12-3-1-2-4-15(12)20(22,23)24/h1-7,9,13H,8,10H2,(H2,25,26,27,28). The van der Waals surface area contributed by atoms with Gasteiger partial charge in [0.25, 0.3) is 0 Å². The van der Waals surface area contributed by atoms with E-state index < -0.39 is 11.7 Å². The normalized spacial score (nSPS) is 16.3. The van der Waals surface area contributed by atoms with Crippen molar-refractivity contribution in [3.05, 3.63) is 75.9 Å². The van der Waals surface area contributed by atoms with Crippen molar-refractivity contribution in [2.45, 2.75) is 25.1 Å². The van der Waals surface area contributed by atoms with Crippen LogP contribution in [0.5, 0.6) is 5.75 Å². The Morgan fingerprint density at radius 1 is 1.21 bits per heavy atom. The number of aromatic nitrogens is 2. The lowest BCUT2D eigenvalue weighted by molar-refractivity contribution is -0.138. The maximum Gasteiger partial charge on any atom is 0.416 e. The molecule has 1 aromatic heterocycles. The number of anilines is 1. The van der Waals surface area contributed by atoms with Crippen molar-refractivity contribution in [2.24, 2.45) is 0 Å². The van der Waals surface area contributed by atoms with Crippen LogP contribution in [-0.4, -0.2) is 16.1 Å². The summed E-state index contributed by atoms with van der Waals surface area (Å²) in [5.74, 6) is 0.438. The molecule has 1 unspecified atom stereocenters. The second-order valence-electron chi connectivity index (χ2n) is 6.64. The molecule has 0 saturated carbocycles. The van der Waals surface area contributed by atoms with Crippen LogP contribution in [0.3, 0.4) is 0 Å². The summed E-state index contributed by atoms with van der Waals surface area (Å²) in [7, 11) is 0. The highest BCUT2D eigenvalue weighted by Gasteiger charge is 2.33. The van der Waals surface area contributed by atoms with Crippen molar-refractivity contribution in [1.29, 1.82) is 0 Å². The summed E-state index contributed by atoms with van der Waals surface area (Å²) in [5.41, 5.74) is 0.907. The number of hydrogen-bond donors (Lipinski definition) is 2. The number of amides is 1. The molecule has 29 heavy (non-hydrogen) atoms. The highest BCUT2D eigenvalue weighted by Crippen LogP contribution is 2.39. The van der Waals surface area contributed by atoms with Crippen LogP contribution in [0.15, 0.2) is 48.7 Å². The Labute approximate surface area is 168 Å². The van der Waals surface area contributed by atoms with Crippen molar-refractivity contribution in [3.8, 4) is 5.75 Å². The third-order valence-corrected chi connectivity index (χ3v) is 5.06. The minimum absolute atomic E-state index is 0.0205. The molecule has 0 bridgehead atoms. The van der Waals surface area contributed by atoms with Crippen LogP contribution in [0.2, 0.25) is 5.02 Å². The molecular weight excluding hydrogens is 407 g/mol. The summed E-state index contributed by atoms with van der Waals surface area (Å²) in [6, 6.07) is 10.2. The molecule has 0 fully saturated rings. The van der Waals surface area contributed by atoms with Crippen LogP contribution < -0.4 is 10.1 Å². The van der Waals surface area contributed by atoms with E-state index in [0.29, 0.717) is 5.82 Å². The first kappa shape index (κ1) is 19.3. The lowest BCUT2D eigenvalue weighted by Gasteiger charge is -2.23. The first-order valence-electron chi connectivity index (χ1n) is 8.73. The number of benzene rings is 2. The van der Waals surface area contributed by atoms with Crippen molar-refractivity contribution in [1.82, 2.24) is 10.2 Å². The van der Waals surface area contributed by atoms with E-state index in [4.69, 9.17) is 16.3 Å². The molecule has 1 aliphatic heterocycles. The number of carbonyl (C=O) groups is 1. The van der Waals surface area contributed by atoms with Gasteiger partial charge in [0, 0.05) is 23.5 Å². The quantitative estimate of drug-likeness (QED) is 0.613. The molecule has 0 saturated heterocycles. The fraction of sp³-hybridized carbons (Fsp3) is 0.200. The predicted octanol–water partition coefficient (Wildman–Crippen LogP) is 5.14. The molecule has 0 aliphatic carbocycles. The highest BCUT2D eigenvalue weighted by molar-refractivity contribution is 6.32. The van der Waals surface area contributed by atoms with Gasteiger partial charge in [-0.2, -0.15) is 18.3 Å². The molecule has 3 aromatic rings. The number of alkyl halides is 3. The summed E-state index contributed by atoms with van der Waals surface area (Å²) in [6.07, 6.45) is -2.58. The third-order valence-electron chi connectivity index (χ3n) is 4.76. The Morgan fingerprint density at radius 2 is 2.00 bits per heavy atom. The largest absolute Gasteiger partial charge is 0.487 e. The zero-order valence-corrected chi connectivity index (χ0v) is 15.6. The Hall–Kier alpha value is -3.00.